The quantitative estimate of drug-likeness (QED) is 0.821. The van der Waals surface area contributed by atoms with Gasteiger partial charge >= 0.3 is 0 Å². The summed E-state index contributed by atoms with van der Waals surface area (Å²) >= 11 is 0. The molecule has 0 atom stereocenters. The molecule has 8 nitrogen and oxygen atoms in total. The van der Waals surface area contributed by atoms with Gasteiger partial charge in [0.1, 0.15) is 0 Å². The molecule has 0 unspecified atom stereocenters. The lowest BCUT2D eigenvalue weighted by molar-refractivity contribution is 0.224. The Balaban J connectivity index is 1.63. The molecule has 0 aliphatic carbocycles. The van der Waals surface area contributed by atoms with Gasteiger partial charge in [0.2, 0.25) is 15.9 Å². The average Bonchev–Trinajstić information content (AvgIpc) is 3.21. The number of nitrogens with zero attached hydrogens (tertiary/aromatic N) is 5. The van der Waals surface area contributed by atoms with Crippen LogP contribution in [-0.4, -0.2) is 52.0 Å². The normalized spacial score (nSPS) is 18.8. The van der Waals surface area contributed by atoms with Gasteiger partial charge in [-0.05, 0) is 12.0 Å². The third-order valence-corrected chi connectivity index (χ3v) is 6.15. The molecular weight excluding hydrogens is 330 g/mol. The van der Waals surface area contributed by atoms with Crippen molar-refractivity contribution in [2.75, 3.05) is 19.7 Å². The van der Waals surface area contributed by atoms with E-state index in [1.54, 1.807) is 15.6 Å². The Bertz CT molecular complexity index is 896. The highest BCUT2D eigenvalue weighted by Crippen LogP contribution is 2.31. The molecular formula is C15H19N5O3S. The van der Waals surface area contributed by atoms with Crippen molar-refractivity contribution in [3.05, 3.63) is 30.2 Å². The summed E-state index contributed by atoms with van der Waals surface area (Å²) < 4.78 is 36.5. The number of sulfonamides is 1. The first-order chi connectivity index (χ1) is 11.6. The number of ether oxygens (including phenoxy) is 1. The Morgan fingerprint density at radius 2 is 2.08 bits per heavy atom. The first kappa shape index (κ1) is 15.4. The molecule has 0 radical (unpaired) electrons. The Labute approximate surface area is 140 Å². The van der Waals surface area contributed by atoms with Crippen LogP contribution in [0, 0.1) is 0 Å². The predicted octanol–water partition coefficient (Wildman–Crippen LogP) is 0.877. The van der Waals surface area contributed by atoms with Crippen LogP contribution in [0.15, 0.2) is 29.6 Å². The lowest BCUT2D eigenvalue weighted by Gasteiger charge is -2.26. The Morgan fingerprint density at radius 1 is 1.21 bits per heavy atom. The molecule has 2 aromatic rings. The zero-order valence-corrected chi connectivity index (χ0v) is 14.2. The summed E-state index contributed by atoms with van der Waals surface area (Å²) in [6, 6.07) is 0. The molecule has 9 heteroatoms. The van der Waals surface area contributed by atoms with E-state index in [1.807, 2.05) is 13.2 Å². The number of rotatable bonds is 3. The van der Waals surface area contributed by atoms with Crippen LogP contribution in [-0.2, 0) is 23.6 Å². The highest BCUT2D eigenvalue weighted by Gasteiger charge is 2.33. The summed E-state index contributed by atoms with van der Waals surface area (Å²) in [4.78, 5) is 0.162. The summed E-state index contributed by atoms with van der Waals surface area (Å²) in [5.41, 5.74) is 1.92. The summed E-state index contributed by atoms with van der Waals surface area (Å²) in [6.07, 6.45) is 8.64. The molecule has 0 spiro atoms. The van der Waals surface area contributed by atoms with Gasteiger partial charge in [0.05, 0.1) is 19.0 Å². The zero-order valence-electron chi connectivity index (χ0n) is 13.4. The molecule has 0 bridgehead atoms. The van der Waals surface area contributed by atoms with Crippen LogP contribution in [0.4, 0.5) is 0 Å². The summed E-state index contributed by atoms with van der Waals surface area (Å²) in [5.74, 6) is 0.360. The predicted molar refractivity (Wildman–Crippen MR) is 86.9 cm³/mol. The van der Waals surface area contributed by atoms with Gasteiger partial charge in [-0.2, -0.15) is 14.5 Å². The molecule has 0 fully saturated rings. The van der Waals surface area contributed by atoms with Gasteiger partial charge in [0, 0.05) is 44.9 Å². The minimum Gasteiger partial charge on any atom is -0.477 e. The smallest absolute Gasteiger partial charge is 0.250 e. The van der Waals surface area contributed by atoms with Gasteiger partial charge in [-0.15, -0.1) is 0 Å². The molecule has 4 rings (SSSR count). The van der Waals surface area contributed by atoms with Crippen molar-refractivity contribution >= 4 is 15.6 Å². The third-order valence-electron chi connectivity index (χ3n) is 4.32. The molecule has 2 aromatic heterocycles. The van der Waals surface area contributed by atoms with E-state index in [9.17, 15) is 8.42 Å². The van der Waals surface area contributed by atoms with E-state index in [-0.39, 0.29) is 4.90 Å². The van der Waals surface area contributed by atoms with Crippen LogP contribution in [0.3, 0.4) is 0 Å². The lowest BCUT2D eigenvalue weighted by atomic mass is 10.1. The molecule has 2 aliphatic rings. The van der Waals surface area contributed by atoms with Crippen LogP contribution in [0.1, 0.15) is 18.4 Å². The fraction of sp³-hybridized carbons (Fsp3) is 0.467. The highest BCUT2D eigenvalue weighted by molar-refractivity contribution is 7.89. The Hall–Kier alpha value is -2.13. The van der Waals surface area contributed by atoms with E-state index in [0.717, 1.165) is 17.6 Å². The van der Waals surface area contributed by atoms with E-state index >= 15 is 0 Å². The molecule has 0 saturated heterocycles. The van der Waals surface area contributed by atoms with E-state index in [4.69, 9.17) is 4.74 Å². The zero-order chi connectivity index (χ0) is 16.7. The van der Waals surface area contributed by atoms with Gasteiger partial charge in [-0.3, -0.25) is 4.68 Å². The van der Waals surface area contributed by atoms with Crippen LogP contribution >= 0.6 is 0 Å². The molecule has 0 aromatic carbocycles. The van der Waals surface area contributed by atoms with Crippen molar-refractivity contribution < 1.29 is 13.2 Å². The summed E-state index contributed by atoms with van der Waals surface area (Å²) in [7, 11) is -1.79. The van der Waals surface area contributed by atoms with E-state index in [1.165, 1.54) is 10.5 Å². The third kappa shape index (κ3) is 2.53. The van der Waals surface area contributed by atoms with E-state index < -0.39 is 10.0 Å². The van der Waals surface area contributed by atoms with Gasteiger partial charge in [-0.1, -0.05) is 6.08 Å². The Morgan fingerprint density at radius 3 is 2.88 bits per heavy atom. The number of fused-ring (bicyclic) bond motifs is 1. The molecule has 4 heterocycles. The highest BCUT2D eigenvalue weighted by atomic mass is 32.2. The maximum absolute atomic E-state index is 13.0. The van der Waals surface area contributed by atoms with E-state index in [2.05, 4.69) is 16.3 Å². The molecule has 0 saturated carbocycles. The van der Waals surface area contributed by atoms with E-state index in [0.29, 0.717) is 38.5 Å². The number of aromatic nitrogens is 4. The summed E-state index contributed by atoms with van der Waals surface area (Å²) in [6.45, 7) is 2.00. The second-order valence-electron chi connectivity index (χ2n) is 6.00. The maximum atomic E-state index is 13.0. The second kappa shape index (κ2) is 5.75. The van der Waals surface area contributed by atoms with Crippen LogP contribution in [0.25, 0.3) is 5.57 Å². The number of aryl methyl sites for hydroxylation is 2. The summed E-state index contributed by atoms with van der Waals surface area (Å²) in [5, 5.41) is 8.32. The topological polar surface area (TPSA) is 82.2 Å². The lowest BCUT2D eigenvalue weighted by Crippen LogP contribution is -2.35. The van der Waals surface area contributed by atoms with Crippen molar-refractivity contribution in [1.82, 2.24) is 23.9 Å². The fourth-order valence-corrected chi connectivity index (χ4v) is 4.58. The van der Waals surface area contributed by atoms with Crippen molar-refractivity contribution in [2.24, 2.45) is 7.05 Å². The number of hydrogen-bond acceptors (Lipinski definition) is 5. The van der Waals surface area contributed by atoms with Crippen molar-refractivity contribution in [3.63, 3.8) is 0 Å². The molecule has 2 aliphatic heterocycles. The van der Waals surface area contributed by atoms with Crippen LogP contribution in [0.5, 0.6) is 5.88 Å². The number of hydrogen-bond donors (Lipinski definition) is 0. The van der Waals surface area contributed by atoms with Gasteiger partial charge in [0.15, 0.2) is 4.90 Å². The monoisotopic (exact) mass is 349 g/mol. The molecule has 0 amide bonds. The van der Waals surface area contributed by atoms with Gasteiger partial charge < -0.3 is 4.74 Å². The SMILES string of the molecule is Cn1cc(C2=CCCN(S(=O)(=O)c3cnn4c3OCCC4)C2)cn1. The second-order valence-corrected chi connectivity index (χ2v) is 7.90. The van der Waals surface area contributed by atoms with Crippen LogP contribution in [0.2, 0.25) is 0 Å². The standard InChI is InChI=1S/C15H19N5O3S/c1-18-10-13(8-16-18)12-4-2-5-19(11-12)24(21,22)14-9-17-20-6-3-7-23-15(14)20/h4,8-10H,2-3,5-7,11H2,1H3. The minimum absolute atomic E-state index is 0.162. The maximum Gasteiger partial charge on any atom is 0.250 e. The van der Waals surface area contributed by atoms with Gasteiger partial charge in [0.25, 0.3) is 0 Å². The average molecular weight is 349 g/mol. The Kier molecular flexibility index (Phi) is 3.69. The van der Waals surface area contributed by atoms with Crippen LogP contribution < -0.4 is 4.74 Å². The first-order valence-corrected chi connectivity index (χ1v) is 9.36. The van der Waals surface area contributed by atoms with Crippen molar-refractivity contribution in [2.45, 2.75) is 24.3 Å². The van der Waals surface area contributed by atoms with Crippen molar-refractivity contribution in [3.8, 4) is 5.88 Å². The van der Waals surface area contributed by atoms with Crippen molar-refractivity contribution in [1.29, 1.82) is 0 Å². The van der Waals surface area contributed by atoms with Gasteiger partial charge in [-0.25, -0.2) is 13.1 Å². The largest absolute Gasteiger partial charge is 0.477 e. The molecule has 128 valence electrons. The minimum atomic E-state index is -3.64. The molecule has 0 N–H and O–H groups in total. The first-order valence-electron chi connectivity index (χ1n) is 7.92. The molecule has 24 heavy (non-hydrogen) atoms. The fourth-order valence-electron chi connectivity index (χ4n) is 3.08.